The molecular weight excluding hydrogens is 400 g/mol. The lowest BCUT2D eigenvalue weighted by Gasteiger charge is -2.38. The van der Waals surface area contributed by atoms with E-state index in [1.54, 1.807) is 7.11 Å². The zero-order valence-electron chi connectivity index (χ0n) is 18.5. The molecule has 0 aliphatic carbocycles. The first-order valence-electron chi connectivity index (χ1n) is 11.3. The monoisotopic (exact) mass is 428 g/mol. The third-order valence-electron chi connectivity index (χ3n) is 6.05. The van der Waals surface area contributed by atoms with Gasteiger partial charge in [0, 0.05) is 17.5 Å². The van der Waals surface area contributed by atoms with Crippen molar-refractivity contribution in [3.8, 4) is 17.2 Å². The van der Waals surface area contributed by atoms with E-state index in [9.17, 15) is 0 Å². The average molecular weight is 429 g/mol. The van der Waals surface area contributed by atoms with Crippen LogP contribution in [0.25, 0.3) is 0 Å². The lowest BCUT2D eigenvalue weighted by molar-refractivity contribution is -0.0190. The highest BCUT2D eigenvalue weighted by atomic mass is 16.5. The first-order valence-corrected chi connectivity index (χ1v) is 11.3. The molecule has 2 aliphatic rings. The third-order valence-corrected chi connectivity index (χ3v) is 6.05. The molecule has 3 aromatic carbocycles. The van der Waals surface area contributed by atoms with Crippen molar-refractivity contribution in [1.29, 1.82) is 0 Å². The standard InChI is InChI=1S/C27H28N2O3/c1-3-4-17-31-22-15-9-19(10-16-22)24-18-25-23-7-5-6-8-26(23)32-27(29(25)28-24)20-11-13-21(30-2)14-12-20/h5-16,25,27H,3-4,17-18H2,1-2H3. The fraction of sp³-hybridized carbons (Fsp3) is 0.296. The second kappa shape index (κ2) is 8.95. The van der Waals surface area contributed by atoms with Gasteiger partial charge < -0.3 is 14.2 Å². The molecule has 2 aliphatic heterocycles. The average Bonchev–Trinajstić information content (AvgIpc) is 3.30. The molecule has 0 fully saturated rings. The Bertz CT molecular complexity index is 1090. The van der Waals surface area contributed by atoms with E-state index in [-0.39, 0.29) is 12.3 Å². The maximum Gasteiger partial charge on any atom is 0.213 e. The third kappa shape index (κ3) is 3.91. The number of nitrogens with zero attached hydrogens (tertiary/aromatic N) is 2. The molecule has 0 radical (unpaired) electrons. The van der Waals surface area contributed by atoms with Crippen LogP contribution in [0.3, 0.4) is 0 Å². The highest BCUT2D eigenvalue weighted by Gasteiger charge is 2.40. The molecule has 0 aromatic heterocycles. The van der Waals surface area contributed by atoms with Crippen LogP contribution in [0.2, 0.25) is 0 Å². The lowest BCUT2D eigenvalue weighted by atomic mass is 9.96. The van der Waals surface area contributed by atoms with Crippen LogP contribution < -0.4 is 14.2 Å². The van der Waals surface area contributed by atoms with Crippen molar-refractivity contribution in [2.45, 2.75) is 38.5 Å². The zero-order valence-corrected chi connectivity index (χ0v) is 18.5. The summed E-state index contributed by atoms with van der Waals surface area (Å²) in [5.41, 5.74) is 4.41. The molecule has 2 atom stereocenters. The Labute approximate surface area is 189 Å². The molecule has 0 bridgehead atoms. The van der Waals surface area contributed by atoms with E-state index >= 15 is 0 Å². The van der Waals surface area contributed by atoms with E-state index in [4.69, 9.17) is 19.3 Å². The van der Waals surface area contributed by atoms with Crippen LogP contribution in [-0.2, 0) is 0 Å². The minimum atomic E-state index is -0.282. The number of rotatable bonds is 7. The Morgan fingerprint density at radius 2 is 1.72 bits per heavy atom. The van der Waals surface area contributed by atoms with E-state index in [0.29, 0.717) is 0 Å². The number of unbranched alkanes of at least 4 members (excludes halogenated alkanes) is 1. The molecule has 32 heavy (non-hydrogen) atoms. The highest BCUT2D eigenvalue weighted by Crippen LogP contribution is 2.47. The van der Waals surface area contributed by atoms with Gasteiger partial charge in [-0.3, -0.25) is 0 Å². The molecule has 0 saturated carbocycles. The topological polar surface area (TPSA) is 43.3 Å². The molecule has 0 amide bonds. The molecule has 2 unspecified atom stereocenters. The molecule has 0 spiro atoms. The molecule has 164 valence electrons. The van der Waals surface area contributed by atoms with Gasteiger partial charge >= 0.3 is 0 Å². The highest BCUT2D eigenvalue weighted by molar-refractivity contribution is 6.02. The number of para-hydroxylation sites is 1. The van der Waals surface area contributed by atoms with Crippen LogP contribution >= 0.6 is 0 Å². The maximum atomic E-state index is 6.42. The van der Waals surface area contributed by atoms with Gasteiger partial charge in [-0.1, -0.05) is 31.5 Å². The van der Waals surface area contributed by atoms with Crippen molar-refractivity contribution in [1.82, 2.24) is 5.01 Å². The number of benzene rings is 3. The minimum absolute atomic E-state index is 0.141. The van der Waals surface area contributed by atoms with Crippen LogP contribution in [-0.4, -0.2) is 24.4 Å². The van der Waals surface area contributed by atoms with Crippen molar-refractivity contribution < 1.29 is 14.2 Å². The van der Waals surface area contributed by atoms with Gasteiger partial charge in [-0.25, -0.2) is 5.01 Å². The number of fused-ring (bicyclic) bond motifs is 3. The summed E-state index contributed by atoms with van der Waals surface area (Å²) < 4.78 is 17.6. The SMILES string of the molecule is CCCCOc1ccc(C2=NN3C(C2)c2ccccc2OC3c2ccc(OC)cc2)cc1. The van der Waals surface area contributed by atoms with Crippen LogP contribution in [0.4, 0.5) is 0 Å². The summed E-state index contributed by atoms with van der Waals surface area (Å²) in [6.45, 7) is 2.92. The summed E-state index contributed by atoms with van der Waals surface area (Å²) in [5.74, 6) is 2.65. The lowest BCUT2D eigenvalue weighted by Crippen LogP contribution is -2.33. The molecule has 5 heteroatoms. The minimum Gasteiger partial charge on any atom is -0.497 e. The second-order valence-electron chi connectivity index (χ2n) is 8.15. The van der Waals surface area contributed by atoms with Gasteiger partial charge in [0.1, 0.15) is 17.2 Å². The Morgan fingerprint density at radius 3 is 2.47 bits per heavy atom. The van der Waals surface area contributed by atoms with Crippen molar-refractivity contribution in [2.75, 3.05) is 13.7 Å². The second-order valence-corrected chi connectivity index (χ2v) is 8.15. The van der Waals surface area contributed by atoms with Crippen molar-refractivity contribution >= 4 is 5.71 Å². The largest absolute Gasteiger partial charge is 0.497 e. The van der Waals surface area contributed by atoms with Crippen LogP contribution in [0, 0.1) is 0 Å². The molecule has 5 rings (SSSR count). The molecule has 3 aromatic rings. The van der Waals surface area contributed by atoms with E-state index < -0.39 is 0 Å². The predicted octanol–water partition coefficient (Wildman–Crippen LogP) is 6.12. The number of methoxy groups -OCH3 is 1. The van der Waals surface area contributed by atoms with Gasteiger partial charge in [-0.15, -0.1) is 0 Å². The smallest absolute Gasteiger partial charge is 0.213 e. The summed E-state index contributed by atoms with van der Waals surface area (Å²) in [5, 5.41) is 7.14. The summed E-state index contributed by atoms with van der Waals surface area (Å²) >= 11 is 0. The Morgan fingerprint density at radius 1 is 0.969 bits per heavy atom. The normalized spacial score (nSPS) is 18.9. The van der Waals surface area contributed by atoms with Crippen molar-refractivity contribution in [3.05, 3.63) is 89.5 Å². The van der Waals surface area contributed by atoms with Gasteiger partial charge in [0.05, 0.1) is 25.5 Å². The quantitative estimate of drug-likeness (QED) is 0.426. The fourth-order valence-corrected chi connectivity index (χ4v) is 4.28. The Balaban J connectivity index is 1.44. The molecule has 5 nitrogen and oxygen atoms in total. The molecule has 2 heterocycles. The summed E-state index contributed by atoms with van der Waals surface area (Å²) in [4.78, 5) is 0. The Hall–Kier alpha value is -3.47. The summed E-state index contributed by atoms with van der Waals surface area (Å²) in [6, 6.07) is 24.7. The number of hydrogen-bond donors (Lipinski definition) is 0. The van der Waals surface area contributed by atoms with Crippen LogP contribution in [0.15, 0.2) is 77.9 Å². The van der Waals surface area contributed by atoms with Crippen molar-refractivity contribution in [2.24, 2.45) is 5.10 Å². The van der Waals surface area contributed by atoms with Crippen molar-refractivity contribution in [3.63, 3.8) is 0 Å². The van der Waals surface area contributed by atoms with Gasteiger partial charge in [0.2, 0.25) is 6.23 Å². The molecule has 0 N–H and O–H groups in total. The maximum absolute atomic E-state index is 6.42. The van der Waals surface area contributed by atoms with Crippen LogP contribution in [0.1, 0.15) is 55.1 Å². The van der Waals surface area contributed by atoms with Gasteiger partial charge in [-0.05, 0) is 66.6 Å². The molecule has 0 saturated heterocycles. The van der Waals surface area contributed by atoms with E-state index in [1.807, 2.05) is 48.5 Å². The van der Waals surface area contributed by atoms with E-state index in [0.717, 1.165) is 60.0 Å². The number of ether oxygens (including phenoxy) is 3. The molecular formula is C27H28N2O3. The van der Waals surface area contributed by atoms with Gasteiger partial charge in [-0.2, -0.15) is 5.10 Å². The number of hydrogen-bond acceptors (Lipinski definition) is 5. The first kappa shape index (κ1) is 20.4. The van der Waals surface area contributed by atoms with Gasteiger partial charge in [0.15, 0.2) is 0 Å². The summed E-state index contributed by atoms with van der Waals surface area (Å²) in [7, 11) is 1.68. The Kier molecular flexibility index (Phi) is 5.71. The van der Waals surface area contributed by atoms with Gasteiger partial charge in [0.25, 0.3) is 0 Å². The number of hydrazone groups is 1. The van der Waals surface area contributed by atoms with Crippen LogP contribution in [0.5, 0.6) is 17.2 Å². The van der Waals surface area contributed by atoms with E-state index in [2.05, 4.69) is 36.2 Å². The predicted molar refractivity (Wildman–Crippen MR) is 125 cm³/mol. The fourth-order valence-electron chi connectivity index (χ4n) is 4.28. The zero-order chi connectivity index (χ0) is 21.9. The first-order chi connectivity index (χ1) is 15.8. The van der Waals surface area contributed by atoms with E-state index in [1.165, 1.54) is 5.56 Å². The summed E-state index contributed by atoms with van der Waals surface area (Å²) in [6.07, 6.45) is 2.75.